The van der Waals surface area contributed by atoms with Gasteiger partial charge in [0.1, 0.15) is 5.58 Å². The molecule has 0 spiro atoms. The lowest BCUT2D eigenvalue weighted by Crippen LogP contribution is -2.05. The largest absolute Gasteiger partial charge is 0.422 e. The van der Waals surface area contributed by atoms with Gasteiger partial charge in [-0.3, -0.25) is 0 Å². The third kappa shape index (κ3) is 2.04. The third-order valence-electron chi connectivity index (χ3n) is 3.16. The fourth-order valence-corrected chi connectivity index (χ4v) is 2.41. The van der Waals surface area contributed by atoms with Gasteiger partial charge in [-0.15, -0.1) is 0 Å². The minimum atomic E-state index is -0.325. The predicted octanol–water partition coefficient (Wildman–Crippen LogP) is 4.42. The first-order valence-electron chi connectivity index (χ1n) is 5.95. The van der Waals surface area contributed by atoms with Crippen LogP contribution in [0.3, 0.4) is 0 Å². The highest BCUT2D eigenvalue weighted by molar-refractivity contribution is 6.31. The summed E-state index contributed by atoms with van der Waals surface area (Å²) in [6.45, 7) is 1.78. The summed E-state index contributed by atoms with van der Waals surface area (Å²) in [6.07, 6.45) is 0. The van der Waals surface area contributed by atoms with E-state index in [2.05, 4.69) is 0 Å². The molecule has 3 heteroatoms. The molecule has 1 aromatic heterocycles. The lowest BCUT2D eigenvalue weighted by Gasteiger charge is -2.09. The summed E-state index contributed by atoms with van der Waals surface area (Å²) >= 11 is 5.95. The summed E-state index contributed by atoms with van der Waals surface area (Å²) in [5.41, 5.74) is 2.71. The van der Waals surface area contributed by atoms with Gasteiger partial charge in [-0.05, 0) is 24.6 Å². The van der Waals surface area contributed by atoms with E-state index in [1.165, 1.54) is 0 Å². The highest BCUT2D eigenvalue weighted by Crippen LogP contribution is 2.31. The van der Waals surface area contributed by atoms with E-state index in [-0.39, 0.29) is 5.63 Å². The van der Waals surface area contributed by atoms with Crippen LogP contribution in [-0.2, 0) is 0 Å². The zero-order valence-corrected chi connectivity index (χ0v) is 11.1. The van der Waals surface area contributed by atoms with E-state index in [4.69, 9.17) is 16.0 Å². The zero-order chi connectivity index (χ0) is 13.4. The van der Waals surface area contributed by atoms with Crippen molar-refractivity contribution in [2.24, 2.45) is 0 Å². The summed E-state index contributed by atoms with van der Waals surface area (Å²) in [7, 11) is 0. The second-order valence-electron chi connectivity index (χ2n) is 4.40. The molecule has 0 bridgehead atoms. The maximum Gasteiger partial charge on any atom is 0.339 e. The Labute approximate surface area is 115 Å². The van der Waals surface area contributed by atoms with Gasteiger partial charge >= 0.3 is 5.63 Å². The van der Waals surface area contributed by atoms with Crippen LogP contribution in [0.1, 0.15) is 5.56 Å². The molecule has 94 valence electrons. The van der Waals surface area contributed by atoms with Crippen LogP contribution >= 0.6 is 11.6 Å². The molecule has 19 heavy (non-hydrogen) atoms. The van der Waals surface area contributed by atoms with E-state index >= 15 is 0 Å². The topological polar surface area (TPSA) is 30.2 Å². The van der Waals surface area contributed by atoms with Crippen molar-refractivity contribution < 1.29 is 4.42 Å². The highest BCUT2D eigenvalue weighted by atomic mass is 35.5. The molecule has 0 aliphatic heterocycles. The standard InChI is InChI=1S/C16H11ClO2/c1-10-15(11-5-3-2-4-6-11)13-8-7-12(17)9-14(13)19-16(10)18/h2-9H,1H3. The van der Waals surface area contributed by atoms with E-state index in [0.717, 1.165) is 16.5 Å². The molecule has 0 amide bonds. The Bertz CT molecular complexity index is 804. The second kappa shape index (κ2) is 4.56. The first kappa shape index (κ1) is 12.0. The van der Waals surface area contributed by atoms with Crippen LogP contribution < -0.4 is 5.63 Å². The van der Waals surface area contributed by atoms with E-state index in [1.54, 1.807) is 19.1 Å². The number of hydrogen-bond acceptors (Lipinski definition) is 2. The lowest BCUT2D eigenvalue weighted by molar-refractivity contribution is 0.556. The second-order valence-corrected chi connectivity index (χ2v) is 4.83. The quantitative estimate of drug-likeness (QED) is 0.613. The molecule has 0 saturated heterocycles. The van der Waals surface area contributed by atoms with Crippen molar-refractivity contribution in [2.75, 3.05) is 0 Å². The van der Waals surface area contributed by atoms with Gasteiger partial charge in [0.15, 0.2) is 0 Å². The van der Waals surface area contributed by atoms with Gasteiger partial charge in [0.25, 0.3) is 0 Å². The maximum atomic E-state index is 11.9. The Kier molecular flexibility index (Phi) is 2.88. The van der Waals surface area contributed by atoms with Crippen LogP contribution in [0.25, 0.3) is 22.1 Å². The van der Waals surface area contributed by atoms with E-state index in [1.807, 2.05) is 36.4 Å². The number of hydrogen-bond donors (Lipinski definition) is 0. The summed E-state index contributed by atoms with van der Waals surface area (Å²) in [5.74, 6) is 0. The molecule has 0 N–H and O–H groups in total. The van der Waals surface area contributed by atoms with Gasteiger partial charge in [0, 0.05) is 27.6 Å². The molecule has 0 radical (unpaired) electrons. The van der Waals surface area contributed by atoms with Gasteiger partial charge in [-0.25, -0.2) is 4.79 Å². The Hall–Kier alpha value is -2.06. The first-order chi connectivity index (χ1) is 9.16. The molecule has 0 fully saturated rings. The van der Waals surface area contributed by atoms with Crippen LogP contribution in [0.4, 0.5) is 0 Å². The Morgan fingerprint density at radius 1 is 1.05 bits per heavy atom. The normalized spacial score (nSPS) is 10.8. The fourth-order valence-electron chi connectivity index (χ4n) is 2.24. The Balaban J connectivity index is 2.46. The molecule has 0 aliphatic rings. The van der Waals surface area contributed by atoms with E-state index in [0.29, 0.717) is 16.2 Å². The van der Waals surface area contributed by atoms with E-state index in [9.17, 15) is 4.79 Å². The van der Waals surface area contributed by atoms with Crippen LogP contribution in [0.15, 0.2) is 57.7 Å². The molecule has 2 aromatic carbocycles. The number of benzene rings is 2. The molecule has 3 aromatic rings. The van der Waals surface area contributed by atoms with Crippen LogP contribution in [0.2, 0.25) is 5.02 Å². The number of rotatable bonds is 1. The number of halogens is 1. The number of fused-ring (bicyclic) bond motifs is 1. The third-order valence-corrected chi connectivity index (χ3v) is 3.39. The monoisotopic (exact) mass is 270 g/mol. The van der Waals surface area contributed by atoms with Crippen molar-refractivity contribution in [1.29, 1.82) is 0 Å². The average Bonchev–Trinajstić information content (AvgIpc) is 2.41. The summed E-state index contributed by atoms with van der Waals surface area (Å²) in [5, 5.41) is 1.45. The predicted molar refractivity (Wildman–Crippen MR) is 77.7 cm³/mol. The maximum absolute atomic E-state index is 11.9. The van der Waals surface area contributed by atoms with Crippen molar-refractivity contribution in [1.82, 2.24) is 0 Å². The van der Waals surface area contributed by atoms with Crippen molar-refractivity contribution in [3.05, 3.63) is 69.5 Å². The fraction of sp³-hybridized carbons (Fsp3) is 0.0625. The lowest BCUT2D eigenvalue weighted by atomic mass is 9.98. The molecular formula is C16H11ClO2. The van der Waals surface area contributed by atoms with Crippen molar-refractivity contribution >= 4 is 22.6 Å². The molecule has 0 atom stereocenters. The molecule has 2 nitrogen and oxygen atoms in total. The summed E-state index contributed by atoms with van der Waals surface area (Å²) in [6, 6.07) is 15.2. The van der Waals surface area contributed by atoms with Gasteiger partial charge in [0.05, 0.1) is 0 Å². The van der Waals surface area contributed by atoms with Crippen LogP contribution in [0.5, 0.6) is 0 Å². The minimum absolute atomic E-state index is 0.325. The van der Waals surface area contributed by atoms with Gasteiger partial charge < -0.3 is 4.42 Å². The van der Waals surface area contributed by atoms with Gasteiger partial charge in [-0.2, -0.15) is 0 Å². The van der Waals surface area contributed by atoms with Crippen LogP contribution in [-0.4, -0.2) is 0 Å². The molecule has 0 saturated carbocycles. The van der Waals surface area contributed by atoms with Crippen molar-refractivity contribution in [2.45, 2.75) is 6.92 Å². The Morgan fingerprint density at radius 2 is 1.79 bits per heavy atom. The summed E-state index contributed by atoms with van der Waals surface area (Å²) in [4.78, 5) is 11.9. The van der Waals surface area contributed by atoms with Crippen LogP contribution in [0, 0.1) is 6.92 Å². The summed E-state index contributed by atoms with van der Waals surface area (Å²) < 4.78 is 5.30. The molecule has 3 rings (SSSR count). The Morgan fingerprint density at radius 3 is 2.53 bits per heavy atom. The molecule has 1 heterocycles. The highest BCUT2D eigenvalue weighted by Gasteiger charge is 2.12. The average molecular weight is 271 g/mol. The van der Waals surface area contributed by atoms with Crippen molar-refractivity contribution in [3.8, 4) is 11.1 Å². The first-order valence-corrected chi connectivity index (χ1v) is 6.33. The molecule has 0 aliphatic carbocycles. The van der Waals surface area contributed by atoms with E-state index < -0.39 is 0 Å². The zero-order valence-electron chi connectivity index (χ0n) is 10.3. The minimum Gasteiger partial charge on any atom is -0.422 e. The smallest absolute Gasteiger partial charge is 0.339 e. The SMILES string of the molecule is Cc1c(-c2ccccc2)c2ccc(Cl)cc2oc1=O. The molecular weight excluding hydrogens is 260 g/mol. The van der Waals surface area contributed by atoms with Gasteiger partial charge in [0.2, 0.25) is 0 Å². The van der Waals surface area contributed by atoms with Gasteiger partial charge in [-0.1, -0.05) is 41.9 Å². The molecule has 0 unspecified atom stereocenters. The van der Waals surface area contributed by atoms with Crippen molar-refractivity contribution in [3.63, 3.8) is 0 Å².